The molecular weight excluding hydrogens is 228 g/mol. The van der Waals surface area contributed by atoms with E-state index in [-0.39, 0.29) is 0 Å². The molecule has 0 aliphatic heterocycles. The number of methoxy groups -OCH3 is 1. The molecule has 3 N–H and O–H groups in total. The van der Waals surface area contributed by atoms with Crippen molar-refractivity contribution in [1.82, 2.24) is 9.97 Å². The second-order valence-corrected chi connectivity index (χ2v) is 5.40. The number of nitrogens with one attached hydrogen (secondary N) is 1. The van der Waals surface area contributed by atoms with Gasteiger partial charge in [-0.2, -0.15) is 0 Å². The van der Waals surface area contributed by atoms with Crippen LogP contribution in [0.4, 0.5) is 11.6 Å². The van der Waals surface area contributed by atoms with E-state index >= 15 is 0 Å². The molecule has 1 aromatic heterocycles. The standard InChI is InChI=1S/C13H22N4O/c1-9(2)13(4-5-13)8-15-11-6-10(14)16-12(17-11)7-18-3/h6,9H,4-5,7-8H2,1-3H3,(H3,14,15,16,17). The maximum Gasteiger partial charge on any atom is 0.158 e. The van der Waals surface area contributed by atoms with E-state index < -0.39 is 0 Å². The van der Waals surface area contributed by atoms with Gasteiger partial charge in [-0.05, 0) is 24.2 Å². The van der Waals surface area contributed by atoms with E-state index in [0.717, 1.165) is 12.4 Å². The third-order valence-corrected chi connectivity index (χ3v) is 3.80. The van der Waals surface area contributed by atoms with E-state index in [9.17, 15) is 0 Å². The monoisotopic (exact) mass is 250 g/mol. The molecule has 1 aromatic rings. The van der Waals surface area contributed by atoms with Crippen molar-refractivity contribution in [2.45, 2.75) is 33.3 Å². The summed E-state index contributed by atoms with van der Waals surface area (Å²) < 4.78 is 5.03. The van der Waals surface area contributed by atoms with Gasteiger partial charge in [0.1, 0.15) is 18.2 Å². The first kappa shape index (κ1) is 13.1. The quantitative estimate of drug-likeness (QED) is 0.808. The van der Waals surface area contributed by atoms with E-state index in [1.165, 1.54) is 12.8 Å². The molecule has 0 amide bonds. The summed E-state index contributed by atoms with van der Waals surface area (Å²) >= 11 is 0. The van der Waals surface area contributed by atoms with Crippen molar-refractivity contribution >= 4 is 11.6 Å². The number of nitrogens with zero attached hydrogens (tertiary/aromatic N) is 2. The minimum absolute atomic E-state index is 0.384. The Morgan fingerprint density at radius 2 is 2.17 bits per heavy atom. The molecule has 5 heteroatoms. The zero-order valence-corrected chi connectivity index (χ0v) is 11.4. The number of aromatic nitrogens is 2. The first-order valence-electron chi connectivity index (χ1n) is 6.42. The van der Waals surface area contributed by atoms with Gasteiger partial charge in [-0.3, -0.25) is 0 Å². The fourth-order valence-corrected chi connectivity index (χ4v) is 2.19. The highest BCUT2D eigenvalue weighted by Gasteiger charge is 2.44. The summed E-state index contributed by atoms with van der Waals surface area (Å²) in [5.41, 5.74) is 6.20. The van der Waals surface area contributed by atoms with Crippen LogP contribution in [-0.4, -0.2) is 23.6 Å². The predicted molar refractivity (Wildman–Crippen MR) is 72.2 cm³/mol. The lowest BCUT2D eigenvalue weighted by Crippen LogP contribution is -2.21. The smallest absolute Gasteiger partial charge is 0.158 e. The van der Waals surface area contributed by atoms with Crippen molar-refractivity contribution in [3.63, 3.8) is 0 Å². The molecule has 1 aliphatic carbocycles. The fourth-order valence-electron chi connectivity index (χ4n) is 2.19. The molecule has 5 nitrogen and oxygen atoms in total. The van der Waals surface area contributed by atoms with Crippen molar-refractivity contribution in [1.29, 1.82) is 0 Å². The number of hydrogen-bond donors (Lipinski definition) is 2. The average molecular weight is 250 g/mol. The van der Waals surface area contributed by atoms with Crippen LogP contribution in [0.15, 0.2) is 6.07 Å². The van der Waals surface area contributed by atoms with Gasteiger partial charge in [0.2, 0.25) is 0 Å². The van der Waals surface area contributed by atoms with Crippen LogP contribution < -0.4 is 11.1 Å². The van der Waals surface area contributed by atoms with Gasteiger partial charge in [0.05, 0.1) is 0 Å². The lowest BCUT2D eigenvalue weighted by Gasteiger charge is -2.20. The van der Waals surface area contributed by atoms with Crippen molar-refractivity contribution in [2.75, 3.05) is 24.7 Å². The lowest BCUT2D eigenvalue weighted by molar-refractivity contribution is 0.178. The van der Waals surface area contributed by atoms with E-state index in [1.807, 2.05) is 0 Å². The molecule has 0 atom stereocenters. The molecule has 0 radical (unpaired) electrons. The molecule has 0 unspecified atom stereocenters. The van der Waals surface area contributed by atoms with Gasteiger partial charge < -0.3 is 15.8 Å². The third-order valence-electron chi connectivity index (χ3n) is 3.80. The molecule has 18 heavy (non-hydrogen) atoms. The number of nitrogen functional groups attached to an aromatic ring is 1. The fraction of sp³-hybridized carbons (Fsp3) is 0.692. The van der Waals surface area contributed by atoms with Crippen LogP contribution in [0, 0.1) is 11.3 Å². The first-order valence-corrected chi connectivity index (χ1v) is 6.42. The minimum Gasteiger partial charge on any atom is -0.384 e. The third kappa shape index (κ3) is 2.90. The Kier molecular flexibility index (Phi) is 3.71. The SMILES string of the molecule is COCc1nc(N)cc(NCC2(C(C)C)CC2)n1. The predicted octanol–water partition coefficient (Wildman–Crippen LogP) is 2.05. The van der Waals surface area contributed by atoms with Crippen molar-refractivity contribution in [3.05, 3.63) is 11.9 Å². The summed E-state index contributed by atoms with van der Waals surface area (Å²) in [4.78, 5) is 8.51. The molecule has 0 aromatic carbocycles. The minimum atomic E-state index is 0.384. The maximum absolute atomic E-state index is 5.76. The maximum atomic E-state index is 5.76. The molecule has 0 saturated heterocycles. The van der Waals surface area contributed by atoms with E-state index in [4.69, 9.17) is 10.5 Å². The van der Waals surface area contributed by atoms with Crippen LogP contribution in [0.25, 0.3) is 0 Å². The van der Waals surface area contributed by atoms with Crippen molar-refractivity contribution < 1.29 is 4.74 Å². The second-order valence-electron chi connectivity index (χ2n) is 5.40. The number of hydrogen-bond acceptors (Lipinski definition) is 5. The number of nitrogens with two attached hydrogens (primary N) is 1. The summed E-state index contributed by atoms with van der Waals surface area (Å²) in [7, 11) is 1.62. The van der Waals surface area contributed by atoms with E-state index in [1.54, 1.807) is 13.2 Å². The van der Waals surface area contributed by atoms with Crippen LogP contribution in [-0.2, 0) is 11.3 Å². The molecule has 1 aliphatic rings. The van der Waals surface area contributed by atoms with Gasteiger partial charge in [0.25, 0.3) is 0 Å². The Labute approximate surface area is 108 Å². The van der Waals surface area contributed by atoms with Crippen LogP contribution in [0.3, 0.4) is 0 Å². The summed E-state index contributed by atoms with van der Waals surface area (Å²) in [5.74, 6) is 2.59. The lowest BCUT2D eigenvalue weighted by atomic mass is 9.92. The summed E-state index contributed by atoms with van der Waals surface area (Å²) in [5, 5.41) is 3.38. The molecule has 0 bridgehead atoms. The molecule has 0 spiro atoms. The van der Waals surface area contributed by atoms with E-state index in [2.05, 4.69) is 29.1 Å². The highest BCUT2D eigenvalue weighted by atomic mass is 16.5. The highest BCUT2D eigenvalue weighted by molar-refractivity contribution is 5.45. The zero-order chi connectivity index (χ0) is 13.2. The van der Waals surface area contributed by atoms with Crippen LogP contribution in [0.1, 0.15) is 32.5 Å². The zero-order valence-electron chi connectivity index (χ0n) is 11.4. The van der Waals surface area contributed by atoms with Crippen LogP contribution in [0.5, 0.6) is 0 Å². The van der Waals surface area contributed by atoms with Crippen molar-refractivity contribution in [3.8, 4) is 0 Å². The first-order chi connectivity index (χ1) is 8.55. The Bertz CT molecular complexity index is 415. The van der Waals surface area contributed by atoms with E-state index in [0.29, 0.717) is 29.6 Å². The molecular formula is C13H22N4O. The van der Waals surface area contributed by atoms with Crippen LogP contribution >= 0.6 is 0 Å². The number of ether oxygens (including phenoxy) is 1. The largest absolute Gasteiger partial charge is 0.384 e. The summed E-state index contributed by atoms with van der Waals surface area (Å²) in [6.07, 6.45) is 2.59. The molecule has 1 saturated carbocycles. The van der Waals surface area contributed by atoms with Crippen LogP contribution in [0.2, 0.25) is 0 Å². The molecule has 2 rings (SSSR count). The van der Waals surface area contributed by atoms with Gasteiger partial charge in [-0.15, -0.1) is 0 Å². The Balaban J connectivity index is 2.01. The second kappa shape index (κ2) is 5.10. The Hall–Kier alpha value is -1.36. The van der Waals surface area contributed by atoms with Gasteiger partial charge in [0, 0.05) is 19.7 Å². The molecule has 1 fully saturated rings. The van der Waals surface area contributed by atoms with Gasteiger partial charge in [-0.1, -0.05) is 13.8 Å². The number of rotatable bonds is 6. The molecule has 100 valence electrons. The Morgan fingerprint density at radius 1 is 1.44 bits per heavy atom. The number of anilines is 2. The van der Waals surface area contributed by atoms with Gasteiger partial charge in [-0.25, -0.2) is 9.97 Å². The summed E-state index contributed by atoms with van der Waals surface area (Å²) in [6.45, 7) is 5.89. The van der Waals surface area contributed by atoms with Gasteiger partial charge >= 0.3 is 0 Å². The topological polar surface area (TPSA) is 73.1 Å². The molecule has 1 heterocycles. The van der Waals surface area contributed by atoms with Crippen molar-refractivity contribution in [2.24, 2.45) is 11.3 Å². The normalized spacial score (nSPS) is 16.9. The Morgan fingerprint density at radius 3 is 2.72 bits per heavy atom. The summed E-state index contributed by atoms with van der Waals surface area (Å²) in [6, 6.07) is 1.77. The van der Waals surface area contributed by atoms with Gasteiger partial charge in [0.15, 0.2) is 5.82 Å². The average Bonchev–Trinajstić information content (AvgIpc) is 3.07. The highest BCUT2D eigenvalue weighted by Crippen LogP contribution is 2.51.